The molecule has 24 heavy (non-hydrogen) atoms. The number of aromatic nitrogens is 1. The normalized spacial score (nSPS) is 19.9. The lowest BCUT2D eigenvalue weighted by Crippen LogP contribution is -2.41. The first-order valence-corrected chi connectivity index (χ1v) is 7.79. The van der Waals surface area contributed by atoms with Crippen molar-refractivity contribution in [3.05, 3.63) is 59.7 Å². The summed E-state index contributed by atoms with van der Waals surface area (Å²) in [5, 5.41) is 2.88. The van der Waals surface area contributed by atoms with Crippen molar-refractivity contribution in [1.82, 2.24) is 10.3 Å². The number of ether oxygens (including phenoxy) is 2. The molecule has 2 aromatic rings. The van der Waals surface area contributed by atoms with Crippen molar-refractivity contribution in [2.75, 3.05) is 20.3 Å². The number of carbonyl (C=O) groups excluding carboxylic acids is 1. The summed E-state index contributed by atoms with van der Waals surface area (Å²) >= 11 is 0. The number of nitrogens with zero attached hydrogens (tertiary/aromatic N) is 1. The third kappa shape index (κ3) is 3.54. The molecule has 5 nitrogen and oxygen atoms in total. The van der Waals surface area contributed by atoms with E-state index >= 15 is 0 Å². The van der Waals surface area contributed by atoms with Crippen LogP contribution in [0.15, 0.2) is 42.7 Å². The fourth-order valence-electron chi connectivity index (χ4n) is 2.92. The zero-order valence-electron chi connectivity index (χ0n) is 13.4. The molecule has 2 atom stereocenters. The van der Waals surface area contributed by atoms with Gasteiger partial charge in [-0.15, -0.1) is 0 Å². The summed E-state index contributed by atoms with van der Waals surface area (Å²) in [5.41, 5.74) is 1.05. The summed E-state index contributed by atoms with van der Waals surface area (Å²) in [5.74, 6) is -0.733. The van der Waals surface area contributed by atoms with E-state index < -0.39 is 11.7 Å². The second kappa shape index (κ2) is 7.40. The van der Waals surface area contributed by atoms with Gasteiger partial charge in [0.1, 0.15) is 17.1 Å². The quantitative estimate of drug-likeness (QED) is 0.913. The van der Waals surface area contributed by atoms with E-state index in [0.717, 1.165) is 12.0 Å². The predicted octanol–water partition coefficient (Wildman–Crippen LogP) is 2.22. The number of carbonyl (C=O) groups is 1. The van der Waals surface area contributed by atoms with Gasteiger partial charge in [0.25, 0.3) is 5.91 Å². The first-order valence-electron chi connectivity index (χ1n) is 7.79. The fraction of sp³-hybridized carbons (Fsp3) is 0.333. The van der Waals surface area contributed by atoms with Gasteiger partial charge in [0.15, 0.2) is 0 Å². The SMILES string of the molecule is COc1cccc(F)c1C(=O)N[C@@H]1COC[C@H]1Cc1ccncc1. The van der Waals surface area contributed by atoms with E-state index in [1.165, 1.54) is 19.2 Å². The minimum atomic E-state index is -0.601. The van der Waals surface area contributed by atoms with Crippen molar-refractivity contribution in [3.8, 4) is 5.75 Å². The molecular formula is C18H19FN2O3. The van der Waals surface area contributed by atoms with E-state index in [-0.39, 0.29) is 23.3 Å². The van der Waals surface area contributed by atoms with Crippen LogP contribution in [0.3, 0.4) is 0 Å². The summed E-state index contributed by atoms with van der Waals surface area (Å²) in [6.07, 6.45) is 4.24. The fourth-order valence-corrected chi connectivity index (χ4v) is 2.92. The summed E-state index contributed by atoms with van der Waals surface area (Å²) in [6, 6.07) is 8.04. The van der Waals surface area contributed by atoms with Gasteiger partial charge in [-0.05, 0) is 36.2 Å². The number of amides is 1. The lowest BCUT2D eigenvalue weighted by Gasteiger charge is -2.20. The molecule has 1 aliphatic heterocycles. The Hall–Kier alpha value is -2.47. The molecule has 1 N–H and O–H groups in total. The highest BCUT2D eigenvalue weighted by atomic mass is 19.1. The van der Waals surface area contributed by atoms with Crippen LogP contribution in [-0.2, 0) is 11.2 Å². The van der Waals surface area contributed by atoms with Crippen LogP contribution in [-0.4, -0.2) is 37.3 Å². The van der Waals surface area contributed by atoms with Crippen LogP contribution >= 0.6 is 0 Å². The summed E-state index contributed by atoms with van der Waals surface area (Å²) in [7, 11) is 1.41. The van der Waals surface area contributed by atoms with Gasteiger partial charge >= 0.3 is 0 Å². The lowest BCUT2D eigenvalue weighted by molar-refractivity contribution is 0.0917. The Kier molecular flexibility index (Phi) is 5.05. The molecule has 1 saturated heterocycles. The van der Waals surface area contributed by atoms with Gasteiger partial charge < -0.3 is 14.8 Å². The molecule has 0 aliphatic carbocycles. The van der Waals surface area contributed by atoms with Crippen molar-refractivity contribution in [1.29, 1.82) is 0 Å². The third-order valence-electron chi connectivity index (χ3n) is 4.18. The highest BCUT2D eigenvalue weighted by Crippen LogP contribution is 2.23. The van der Waals surface area contributed by atoms with Crippen LogP contribution in [0.1, 0.15) is 15.9 Å². The van der Waals surface area contributed by atoms with E-state index in [4.69, 9.17) is 9.47 Å². The van der Waals surface area contributed by atoms with Crippen molar-refractivity contribution >= 4 is 5.91 Å². The molecule has 0 radical (unpaired) electrons. The molecule has 1 fully saturated rings. The van der Waals surface area contributed by atoms with Crippen LogP contribution in [0.5, 0.6) is 5.75 Å². The highest BCUT2D eigenvalue weighted by Gasteiger charge is 2.31. The zero-order chi connectivity index (χ0) is 16.9. The van der Waals surface area contributed by atoms with Gasteiger partial charge in [-0.25, -0.2) is 4.39 Å². The maximum absolute atomic E-state index is 14.0. The topological polar surface area (TPSA) is 60.5 Å². The number of benzene rings is 1. The Labute approximate surface area is 139 Å². The number of hydrogen-bond acceptors (Lipinski definition) is 4. The number of halogens is 1. The van der Waals surface area contributed by atoms with Crippen molar-refractivity contribution in [3.63, 3.8) is 0 Å². The number of nitrogens with one attached hydrogen (secondary N) is 1. The maximum atomic E-state index is 14.0. The molecule has 3 rings (SSSR count). The molecule has 6 heteroatoms. The molecular weight excluding hydrogens is 311 g/mol. The van der Waals surface area contributed by atoms with Crippen molar-refractivity contribution in [2.45, 2.75) is 12.5 Å². The van der Waals surface area contributed by atoms with Gasteiger partial charge in [0.05, 0.1) is 26.4 Å². The molecule has 0 spiro atoms. The molecule has 0 saturated carbocycles. The molecule has 1 aromatic heterocycles. The van der Waals surface area contributed by atoms with Crippen LogP contribution < -0.4 is 10.1 Å². The molecule has 1 amide bonds. The van der Waals surface area contributed by atoms with Crippen molar-refractivity contribution < 1.29 is 18.7 Å². The van der Waals surface area contributed by atoms with E-state index in [2.05, 4.69) is 10.3 Å². The second-order valence-electron chi connectivity index (χ2n) is 5.75. The standard InChI is InChI=1S/C18H19FN2O3/c1-23-16-4-2-3-14(19)17(16)18(22)21-15-11-24-10-13(15)9-12-5-7-20-8-6-12/h2-8,13,15H,9-11H2,1H3,(H,21,22)/t13-,15-/m1/s1. The third-order valence-corrected chi connectivity index (χ3v) is 4.18. The Morgan fingerprint density at radius 3 is 2.88 bits per heavy atom. The average Bonchev–Trinajstić information content (AvgIpc) is 3.02. The van der Waals surface area contributed by atoms with E-state index in [0.29, 0.717) is 13.2 Å². The lowest BCUT2D eigenvalue weighted by atomic mass is 9.95. The molecule has 2 heterocycles. The maximum Gasteiger partial charge on any atom is 0.258 e. The van der Waals surface area contributed by atoms with Gasteiger partial charge in [0.2, 0.25) is 0 Å². The summed E-state index contributed by atoms with van der Waals surface area (Å²) in [6.45, 7) is 0.972. The van der Waals surface area contributed by atoms with Crippen LogP contribution in [0.25, 0.3) is 0 Å². The van der Waals surface area contributed by atoms with E-state index in [1.54, 1.807) is 18.5 Å². The van der Waals surface area contributed by atoms with Crippen LogP contribution in [0, 0.1) is 11.7 Å². The Morgan fingerprint density at radius 1 is 1.33 bits per heavy atom. The Bertz CT molecular complexity index is 709. The Morgan fingerprint density at radius 2 is 2.12 bits per heavy atom. The molecule has 0 unspecified atom stereocenters. The molecule has 0 bridgehead atoms. The smallest absolute Gasteiger partial charge is 0.258 e. The van der Waals surface area contributed by atoms with Gasteiger partial charge in [-0.2, -0.15) is 0 Å². The van der Waals surface area contributed by atoms with Gasteiger partial charge in [0, 0.05) is 18.3 Å². The first kappa shape index (κ1) is 16.4. The van der Waals surface area contributed by atoms with Crippen LogP contribution in [0.4, 0.5) is 4.39 Å². The second-order valence-corrected chi connectivity index (χ2v) is 5.75. The highest BCUT2D eigenvalue weighted by molar-refractivity contribution is 5.97. The Balaban J connectivity index is 1.72. The summed E-state index contributed by atoms with van der Waals surface area (Å²) in [4.78, 5) is 16.5. The molecule has 126 valence electrons. The van der Waals surface area contributed by atoms with Crippen molar-refractivity contribution in [2.24, 2.45) is 5.92 Å². The monoisotopic (exact) mass is 330 g/mol. The van der Waals surface area contributed by atoms with Gasteiger partial charge in [-0.1, -0.05) is 6.07 Å². The summed E-state index contributed by atoms with van der Waals surface area (Å²) < 4.78 is 24.6. The minimum Gasteiger partial charge on any atom is -0.496 e. The van der Waals surface area contributed by atoms with Crippen LogP contribution in [0.2, 0.25) is 0 Å². The van der Waals surface area contributed by atoms with E-state index in [1.807, 2.05) is 12.1 Å². The number of hydrogen-bond donors (Lipinski definition) is 1. The zero-order valence-corrected chi connectivity index (χ0v) is 13.4. The predicted molar refractivity (Wildman–Crippen MR) is 86.5 cm³/mol. The first-order chi connectivity index (χ1) is 11.7. The van der Waals surface area contributed by atoms with E-state index in [9.17, 15) is 9.18 Å². The number of pyridine rings is 1. The largest absolute Gasteiger partial charge is 0.496 e. The molecule has 1 aliphatic rings. The minimum absolute atomic E-state index is 0.0745. The van der Waals surface area contributed by atoms with Gasteiger partial charge in [-0.3, -0.25) is 9.78 Å². The number of methoxy groups -OCH3 is 1. The number of rotatable bonds is 5. The average molecular weight is 330 g/mol. The molecule has 1 aromatic carbocycles.